The van der Waals surface area contributed by atoms with Crippen LogP contribution in [-0.2, 0) is 35.0 Å². The van der Waals surface area contributed by atoms with Gasteiger partial charge in [-0.05, 0) is 38.0 Å². The van der Waals surface area contributed by atoms with Crippen molar-refractivity contribution in [2.45, 2.75) is 89.6 Å². The van der Waals surface area contributed by atoms with E-state index in [2.05, 4.69) is 5.32 Å². The second-order valence-electron chi connectivity index (χ2n) is 12.4. The van der Waals surface area contributed by atoms with Gasteiger partial charge in [0, 0.05) is 26.5 Å². The van der Waals surface area contributed by atoms with E-state index in [1.54, 1.807) is 40.0 Å². The lowest BCUT2D eigenvalue weighted by molar-refractivity contribution is -0.157. The zero-order valence-corrected chi connectivity index (χ0v) is 27.3. The van der Waals surface area contributed by atoms with E-state index in [1.807, 2.05) is 32.1 Å². The highest BCUT2D eigenvalue weighted by atomic mass is 35.5. The van der Waals surface area contributed by atoms with Crippen LogP contribution < -0.4 is 15.0 Å². The minimum Gasteiger partial charge on any atom is -0.495 e. The number of nitrogens with one attached hydrogen (secondary N) is 1. The number of ether oxygens (including phenoxy) is 5. The Labute approximate surface area is 263 Å². The molecule has 3 unspecified atom stereocenters. The highest BCUT2D eigenvalue weighted by Gasteiger charge is 2.64. The Morgan fingerprint density at radius 3 is 2.59 bits per heavy atom. The van der Waals surface area contributed by atoms with Gasteiger partial charge in [-0.15, -0.1) is 0 Å². The van der Waals surface area contributed by atoms with Crippen molar-refractivity contribution in [3.63, 3.8) is 0 Å². The molecule has 3 aliphatic heterocycles. The standard InChI is InChI=1S/C32H43ClN2O9/c1-17(2)29(37)43-25-15-26(36)35(6)21-13-20(14-22(40-7)27(21)33)12-18(3)10-9-11-24(41-8)32(39)16-23(42-30(38)34-32)19(4)28-31(25,5)44-28/h9-11,13-14,17,19,23-25,28,39H,12,15-16H2,1-8H3,(H,34,38)/b11-9+,18-10+/t19-,23?,24-,25+,28?,31?,32+/m1/s1. The van der Waals surface area contributed by atoms with Crippen molar-refractivity contribution in [3.05, 3.63) is 46.5 Å². The summed E-state index contributed by atoms with van der Waals surface area (Å²) in [7, 11) is 4.56. The van der Waals surface area contributed by atoms with Gasteiger partial charge in [0.05, 0.1) is 31.2 Å². The van der Waals surface area contributed by atoms with Gasteiger partial charge in [0.15, 0.2) is 5.72 Å². The van der Waals surface area contributed by atoms with Crippen LogP contribution in [-0.4, -0.2) is 80.1 Å². The SMILES string of the molecule is COc1cc2cc(c1Cl)N(C)C(=O)C[C@H](OC(=O)C(C)C)C1(C)OC1[C@H](C)C1C[C@@](O)(NC(=O)O1)[C@H](OC)/C=C/C=C(\C)C2. The highest BCUT2D eigenvalue weighted by Crippen LogP contribution is 2.49. The van der Waals surface area contributed by atoms with E-state index in [4.69, 9.17) is 35.3 Å². The van der Waals surface area contributed by atoms with Crippen molar-refractivity contribution in [1.82, 2.24) is 5.32 Å². The van der Waals surface area contributed by atoms with Crippen LogP contribution in [0, 0.1) is 11.8 Å². The number of fused-ring (bicyclic) bond motifs is 5. The summed E-state index contributed by atoms with van der Waals surface area (Å²) < 4.78 is 28.8. The number of epoxide rings is 1. The number of allylic oxidation sites excluding steroid dienone is 3. The monoisotopic (exact) mass is 634 g/mol. The third-order valence-corrected chi connectivity index (χ3v) is 9.06. The molecule has 2 saturated heterocycles. The van der Waals surface area contributed by atoms with Gasteiger partial charge in [-0.2, -0.15) is 0 Å². The number of esters is 1. The van der Waals surface area contributed by atoms with Gasteiger partial charge in [0.25, 0.3) is 0 Å². The first-order valence-corrected chi connectivity index (χ1v) is 15.1. The van der Waals surface area contributed by atoms with Gasteiger partial charge in [-0.25, -0.2) is 4.79 Å². The fraction of sp³-hybridized carbons (Fsp3) is 0.594. The maximum atomic E-state index is 13.8. The fourth-order valence-electron chi connectivity index (χ4n) is 5.88. The van der Waals surface area contributed by atoms with Crippen LogP contribution in [0.4, 0.5) is 10.5 Å². The van der Waals surface area contributed by atoms with Gasteiger partial charge in [0.1, 0.15) is 34.7 Å². The number of nitrogens with zero attached hydrogens (tertiary/aromatic N) is 1. The molecule has 12 heteroatoms. The van der Waals surface area contributed by atoms with Gasteiger partial charge in [0.2, 0.25) is 5.91 Å². The van der Waals surface area contributed by atoms with E-state index in [-0.39, 0.29) is 23.8 Å². The Morgan fingerprint density at radius 1 is 1.25 bits per heavy atom. The summed E-state index contributed by atoms with van der Waals surface area (Å²) >= 11 is 6.68. The molecular weight excluding hydrogens is 592 g/mol. The molecule has 0 saturated carbocycles. The number of amides is 2. The van der Waals surface area contributed by atoms with Crippen LogP contribution in [0.5, 0.6) is 5.75 Å². The number of carbonyl (C=O) groups is 3. The highest BCUT2D eigenvalue weighted by molar-refractivity contribution is 6.35. The Morgan fingerprint density at radius 2 is 1.95 bits per heavy atom. The van der Waals surface area contributed by atoms with Gasteiger partial charge in [-0.1, -0.05) is 56.2 Å². The summed E-state index contributed by atoms with van der Waals surface area (Å²) in [6.07, 6.45) is 1.65. The number of carbonyl (C=O) groups excluding carboxylic acids is 3. The molecule has 4 bridgehead atoms. The summed E-state index contributed by atoms with van der Waals surface area (Å²) in [6, 6.07) is 3.63. The number of anilines is 1. The van der Waals surface area contributed by atoms with Crippen molar-refractivity contribution in [1.29, 1.82) is 0 Å². The van der Waals surface area contributed by atoms with Gasteiger partial charge >= 0.3 is 12.1 Å². The molecule has 2 amide bonds. The lowest BCUT2D eigenvalue weighted by Gasteiger charge is -2.42. The van der Waals surface area contributed by atoms with E-state index < -0.39 is 59.6 Å². The quantitative estimate of drug-likeness (QED) is 0.366. The molecule has 3 heterocycles. The number of rotatable bonds is 4. The Kier molecular flexibility index (Phi) is 10.0. The summed E-state index contributed by atoms with van der Waals surface area (Å²) in [4.78, 5) is 40.7. The molecule has 3 aliphatic rings. The number of halogens is 1. The van der Waals surface area contributed by atoms with Crippen molar-refractivity contribution >= 4 is 35.3 Å². The largest absolute Gasteiger partial charge is 0.495 e. The zero-order chi connectivity index (χ0) is 32.6. The van der Waals surface area contributed by atoms with Crippen molar-refractivity contribution in [2.24, 2.45) is 11.8 Å². The number of hydrogen-bond acceptors (Lipinski definition) is 9. The van der Waals surface area contributed by atoms with Crippen LogP contribution >= 0.6 is 11.6 Å². The number of hydrogen-bond donors (Lipinski definition) is 2. The van der Waals surface area contributed by atoms with E-state index >= 15 is 0 Å². The average Bonchev–Trinajstić information content (AvgIpc) is 3.66. The number of aliphatic hydroxyl groups is 1. The summed E-state index contributed by atoms with van der Waals surface area (Å²) in [6.45, 7) is 8.95. The van der Waals surface area contributed by atoms with E-state index in [1.165, 1.54) is 19.1 Å². The van der Waals surface area contributed by atoms with Crippen LogP contribution in [0.15, 0.2) is 35.9 Å². The number of benzene rings is 1. The molecule has 44 heavy (non-hydrogen) atoms. The fourth-order valence-corrected chi connectivity index (χ4v) is 6.19. The predicted octanol–water partition coefficient (Wildman–Crippen LogP) is 4.32. The molecule has 242 valence electrons. The summed E-state index contributed by atoms with van der Waals surface area (Å²) in [5.74, 6) is -1.30. The topological polar surface area (TPSA) is 136 Å². The molecule has 2 N–H and O–H groups in total. The van der Waals surface area contributed by atoms with Crippen LogP contribution in [0.2, 0.25) is 5.02 Å². The minimum absolute atomic E-state index is 0.00361. The first kappa shape index (κ1) is 33.8. The maximum Gasteiger partial charge on any atom is 0.409 e. The molecule has 0 aromatic heterocycles. The second-order valence-corrected chi connectivity index (χ2v) is 12.8. The van der Waals surface area contributed by atoms with Crippen molar-refractivity contribution in [3.8, 4) is 5.75 Å². The lowest BCUT2D eigenvalue weighted by atomic mass is 9.83. The molecule has 4 rings (SSSR count). The molecule has 0 radical (unpaired) electrons. The number of methoxy groups -OCH3 is 2. The molecular formula is C32H43ClN2O9. The predicted molar refractivity (Wildman–Crippen MR) is 164 cm³/mol. The van der Waals surface area contributed by atoms with Crippen LogP contribution in [0.3, 0.4) is 0 Å². The van der Waals surface area contributed by atoms with E-state index in [0.29, 0.717) is 17.9 Å². The van der Waals surface area contributed by atoms with Gasteiger partial charge < -0.3 is 33.7 Å². The molecule has 7 atom stereocenters. The van der Waals surface area contributed by atoms with Crippen molar-refractivity contribution < 1.29 is 43.2 Å². The minimum atomic E-state index is -1.77. The Bertz CT molecular complexity index is 1350. The molecule has 0 spiro atoms. The Hall–Kier alpha value is -3.12. The maximum absolute atomic E-state index is 13.8. The lowest BCUT2D eigenvalue weighted by Crippen LogP contribution is -2.63. The van der Waals surface area contributed by atoms with E-state index in [0.717, 1.165) is 11.1 Å². The van der Waals surface area contributed by atoms with Crippen LogP contribution in [0.1, 0.15) is 53.0 Å². The molecule has 2 fully saturated rings. The molecule has 1 aromatic carbocycles. The second kappa shape index (κ2) is 13.1. The molecule has 1 aromatic rings. The first-order chi connectivity index (χ1) is 20.6. The van der Waals surface area contributed by atoms with Crippen LogP contribution in [0.25, 0.3) is 0 Å². The van der Waals surface area contributed by atoms with E-state index in [9.17, 15) is 19.5 Å². The Balaban J connectivity index is 1.80. The summed E-state index contributed by atoms with van der Waals surface area (Å²) in [5, 5.41) is 14.4. The van der Waals surface area contributed by atoms with Gasteiger partial charge in [-0.3, -0.25) is 14.9 Å². The zero-order valence-electron chi connectivity index (χ0n) is 26.5. The van der Waals surface area contributed by atoms with Crippen molar-refractivity contribution in [2.75, 3.05) is 26.2 Å². The summed E-state index contributed by atoms with van der Waals surface area (Å²) in [5.41, 5.74) is -0.587. The number of alkyl carbamates (subject to hydrolysis) is 1. The average molecular weight is 635 g/mol. The normalized spacial score (nSPS) is 34.7. The molecule has 0 aliphatic carbocycles. The third-order valence-electron chi connectivity index (χ3n) is 8.68. The third kappa shape index (κ3) is 6.91. The first-order valence-electron chi connectivity index (χ1n) is 14.7. The smallest absolute Gasteiger partial charge is 0.409 e. The molecule has 11 nitrogen and oxygen atoms in total.